The van der Waals surface area contributed by atoms with Crippen LogP contribution in [0.2, 0.25) is 0 Å². The third-order valence-corrected chi connectivity index (χ3v) is 5.86. The van der Waals surface area contributed by atoms with E-state index in [1.54, 1.807) is 24.3 Å². The molecule has 2 aromatic carbocycles. The molecule has 3 rings (SSSR count). The Hall–Kier alpha value is -1.65. The van der Waals surface area contributed by atoms with E-state index in [0.717, 1.165) is 25.7 Å². The molecular formula is C18H21NO2S. The number of sulfonamides is 1. The Bertz CT molecular complexity index is 698. The third-order valence-electron chi connectivity index (χ3n) is 4.32. The SMILES string of the molecule is O=S(=O)(N[C@H]1CCC[C@@H](c2ccccc2)C1)c1ccccc1. The van der Waals surface area contributed by atoms with Gasteiger partial charge in [0.25, 0.3) is 0 Å². The molecule has 2 aromatic rings. The number of hydrogen-bond acceptors (Lipinski definition) is 2. The highest BCUT2D eigenvalue weighted by atomic mass is 32.2. The van der Waals surface area contributed by atoms with E-state index in [1.165, 1.54) is 5.56 Å². The number of benzene rings is 2. The standard InChI is InChI=1S/C18H21NO2S/c20-22(21,18-12-5-2-6-13-18)19-17-11-7-10-16(14-17)15-8-3-1-4-9-15/h1-6,8-9,12-13,16-17,19H,7,10-11,14H2/t16-,17+/m1/s1. The summed E-state index contributed by atoms with van der Waals surface area (Å²) in [7, 11) is -3.42. The summed E-state index contributed by atoms with van der Waals surface area (Å²) in [5.74, 6) is 0.443. The second kappa shape index (κ2) is 6.63. The zero-order valence-corrected chi connectivity index (χ0v) is 13.3. The van der Waals surface area contributed by atoms with Crippen LogP contribution in [0.1, 0.15) is 37.2 Å². The van der Waals surface area contributed by atoms with Crippen LogP contribution in [-0.2, 0) is 10.0 Å². The Morgan fingerprint density at radius 1 is 0.864 bits per heavy atom. The molecule has 1 saturated carbocycles. The van der Waals surface area contributed by atoms with Crippen molar-refractivity contribution < 1.29 is 8.42 Å². The highest BCUT2D eigenvalue weighted by molar-refractivity contribution is 7.89. The van der Waals surface area contributed by atoms with Crippen LogP contribution in [0.3, 0.4) is 0 Å². The molecule has 116 valence electrons. The van der Waals surface area contributed by atoms with Gasteiger partial charge in [0, 0.05) is 6.04 Å². The van der Waals surface area contributed by atoms with Crippen molar-refractivity contribution in [1.29, 1.82) is 0 Å². The van der Waals surface area contributed by atoms with Gasteiger partial charge in [0.15, 0.2) is 0 Å². The molecule has 3 nitrogen and oxygen atoms in total. The molecule has 0 heterocycles. The van der Waals surface area contributed by atoms with E-state index in [4.69, 9.17) is 0 Å². The fourth-order valence-corrected chi connectivity index (χ4v) is 4.52. The quantitative estimate of drug-likeness (QED) is 0.935. The Labute approximate surface area is 132 Å². The van der Waals surface area contributed by atoms with Gasteiger partial charge in [-0.25, -0.2) is 13.1 Å². The molecule has 0 bridgehead atoms. The van der Waals surface area contributed by atoms with E-state index in [1.807, 2.05) is 24.3 Å². The minimum Gasteiger partial charge on any atom is -0.208 e. The molecule has 0 spiro atoms. The fraction of sp³-hybridized carbons (Fsp3) is 0.333. The maximum Gasteiger partial charge on any atom is 0.240 e. The van der Waals surface area contributed by atoms with Crippen LogP contribution in [-0.4, -0.2) is 14.5 Å². The van der Waals surface area contributed by atoms with E-state index < -0.39 is 10.0 Å². The van der Waals surface area contributed by atoms with Crippen molar-refractivity contribution in [3.63, 3.8) is 0 Å². The van der Waals surface area contributed by atoms with Gasteiger partial charge in [-0.3, -0.25) is 0 Å². The lowest BCUT2D eigenvalue weighted by molar-refractivity contribution is 0.371. The summed E-state index contributed by atoms with van der Waals surface area (Å²) < 4.78 is 27.7. The van der Waals surface area contributed by atoms with Gasteiger partial charge in [-0.15, -0.1) is 0 Å². The molecule has 4 heteroatoms. The largest absolute Gasteiger partial charge is 0.240 e. The average molecular weight is 315 g/mol. The molecule has 1 N–H and O–H groups in total. The summed E-state index contributed by atoms with van der Waals surface area (Å²) in [6.45, 7) is 0. The Morgan fingerprint density at radius 2 is 1.50 bits per heavy atom. The lowest BCUT2D eigenvalue weighted by Gasteiger charge is -2.30. The van der Waals surface area contributed by atoms with Gasteiger partial charge in [0.2, 0.25) is 10.0 Å². The minimum atomic E-state index is -3.42. The Kier molecular flexibility index (Phi) is 4.60. The molecule has 0 amide bonds. The Balaban J connectivity index is 1.71. The van der Waals surface area contributed by atoms with Gasteiger partial charge in [-0.2, -0.15) is 0 Å². The highest BCUT2D eigenvalue weighted by Gasteiger charge is 2.27. The van der Waals surface area contributed by atoms with Crippen molar-refractivity contribution in [2.75, 3.05) is 0 Å². The minimum absolute atomic E-state index is 0.0177. The monoisotopic (exact) mass is 315 g/mol. The lowest BCUT2D eigenvalue weighted by Crippen LogP contribution is -2.37. The summed E-state index contributed by atoms with van der Waals surface area (Å²) in [6.07, 6.45) is 3.97. The van der Waals surface area contributed by atoms with E-state index in [-0.39, 0.29) is 6.04 Å². The van der Waals surface area contributed by atoms with Crippen molar-refractivity contribution in [3.8, 4) is 0 Å². The molecule has 2 atom stereocenters. The van der Waals surface area contributed by atoms with Crippen LogP contribution in [0.5, 0.6) is 0 Å². The predicted octanol–water partition coefficient (Wildman–Crippen LogP) is 3.69. The summed E-state index contributed by atoms with van der Waals surface area (Å²) >= 11 is 0. The van der Waals surface area contributed by atoms with E-state index in [2.05, 4.69) is 16.9 Å². The van der Waals surface area contributed by atoms with Crippen LogP contribution in [0, 0.1) is 0 Å². The van der Waals surface area contributed by atoms with Gasteiger partial charge < -0.3 is 0 Å². The topological polar surface area (TPSA) is 46.2 Å². The van der Waals surface area contributed by atoms with Crippen LogP contribution >= 0.6 is 0 Å². The predicted molar refractivity (Wildman–Crippen MR) is 88.2 cm³/mol. The van der Waals surface area contributed by atoms with Crippen LogP contribution in [0.25, 0.3) is 0 Å². The molecule has 1 aliphatic carbocycles. The van der Waals surface area contributed by atoms with Crippen LogP contribution in [0.4, 0.5) is 0 Å². The van der Waals surface area contributed by atoms with Crippen LogP contribution < -0.4 is 4.72 Å². The first-order valence-electron chi connectivity index (χ1n) is 7.77. The summed E-state index contributed by atoms with van der Waals surface area (Å²) in [5, 5.41) is 0. The molecule has 0 aromatic heterocycles. The summed E-state index contributed by atoms with van der Waals surface area (Å²) in [4.78, 5) is 0.344. The summed E-state index contributed by atoms with van der Waals surface area (Å²) in [5.41, 5.74) is 1.31. The van der Waals surface area contributed by atoms with E-state index in [0.29, 0.717) is 10.8 Å². The maximum absolute atomic E-state index is 12.4. The van der Waals surface area contributed by atoms with E-state index in [9.17, 15) is 8.42 Å². The highest BCUT2D eigenvalue weighted by Crippen LogP contribution is 2.33. The lowest BCUT2D eigenvalue weighted by atomic mass is 9.82. The van der Waals surface area contributed by atoms with Crippen LogP contribution in [0.15, 0.2) is 65.6 Å². The van der Waals surface area contributed by atoms with Gasteiger partial charge in [-0.1, -0.05) is 55.0 Å². The molecular weight excluding hydrogens is 294 g/mol. The van der Waals surface area contributed by atoms with Crippen molar-refractivity contribution in [2.45, 2.75) is 42.5 Å². The second-order valence-electron chi connectivity index (χ2n) is 5.91. The first-order valence-corrected chi connectivity index (χ1v) is 9.26. The number of hydrogen-bond donors (Lipinski definition) is 1. The zero-order chi connectivity index (χ0) is 15.4. The molecule has 0 radical (unpaired) electrons. The van der Waals surface area contributed by atoms with E-state index >= 15 is 0 Å². The number of rotatable bonds is 4. The normalized spacial score (nSPS) is 22.4. The average Bonchev–Trinajstić information content (AvgIpc) is 2.56. The second-order valence-corrected chi connectivity index (χ2v) is 7.62. The van der Waals surface area contributed by atoms with Gasteiger partial charge in [0.1, 0.15) is 0 Å². The number of nitrogens with one attached hydrogen (secondary N) is 1. The molecule has 0 saturated heterocycles. The van der Waals surface area contributed by atoms with Crippen molar-refractivity contribution >= 4 is 10.0 Å². The summed E-state index contributed by atoms with van der Waals surface area (Å²) in [6, 6.07) is 19.0. The fourth-order valence-electron chi connectivity index (χ4n) is 3.21. The first kappa shape index (κ1) is 15.3. The first-order chi connectivity index (χ1) is 10.6. The third kappa shape index (κ3) is 3.57. The molecule has 1 aliphatic rings. The zero-order valence-electron chi connectivity index (χ0n) is 12.5. The van der Waals surface area contributed by atoms with Gasteiger partial charge >= 0.3 is 0 Å². The smallest absolute Gasteiger partial charge is 0.208 e. The molecule has 0 unspecified atom stereocenters. The Morgan fingerprint density at radius 3 is 2.18 bits per heavy atom. The van der Waals surface area contributed by atoms with Gasteiger partial charge in [-0.05, 0) is 42.9 Å². The molecule has 22 heavy (non-hydrogen) atoms. The van der Waals surface area contributed by atoms with Crippen molar-refractivity contribution in [2.24, 2.45) is 0 Å². The van der Waals surface area contributed by atoms with Crippen molar-refractivity contribution in [3.05, 3.63) is 66.2 Å². The maximum atomic E-state index is 12.4. The van der Waals surface area contributed by atoms with Gasteiger partial charge in [0.05, 0.1) is 4.90 Å². The molecule has 0 aliphatic heterocycles. The molecule has 1 fully saturated rings. The van der Waals surface area contributed by atoms with Crippen molar-refractivity contribution in [1.82, 2.24) is 4.72 Å².